The zero-order valence-corrected chi connectivity index (χ0v) is 11.1. The molecule has 3 nitrogen and oxygen atoms in total. The van der Waals surface area contributed by atoms with Crippen molar-refractivity contribution in [3.63, 3.8) is 0 Å². The first-order valence-corrected chi connectivity index (χ1v) is 8.84. The zero-order chi connectivity index (χ0) is 11.2. The first-order chi connectivity index (χ1) is 6.33. The minimum absolute atomic E-state index is 0.0570. The molecule has 1 unspecified atom stereocenters. The first kappa shape index (κ1) is 14.1. The van der Waals surface area contributed by atoms with Crippen LogP contribution in [0.15, 0.2) is 0 Å². The Kier molecular flexibility index (Phi) is 5.89. The Morgan fingerprint density at radius 2 is 1.64 bits per heavy atom. The van der Waals surface area contributed by atoms with E-state index in [1.54, 1.807) is 0 Å². The van der Waals surface area contributed by atoms with Gasteiger partial charge in [0, 0.05) is 0 Å². The normalized spacial score (nSPS) is 16.7. The molecule has 1 atom stereocenters. The maximum absolute atomic E-state index is 6.17. The smallest absolute Gasteiger partial charge is 0.184 e. The van der Waals surface area contributed by atoms with E-state index in [4.69, 9.17) is 15.9 Å². The maximum Gasteiger partial charge on any atom is 0.184 e. The van der Waals surface area contributed by atoms with Crippen LogP contribution in [0.3, 0.4) is 0 Å². The Labute approximate surface area is 89.3 Å². The lowest BCUT2D eigenvalue weighted by Gasteiger charge is -2.36. The molecule has 0 bridgehead atoms. The van der Waals surface area contributed by atoms with Gasteiger partial charge in [-0.15, -0.1) is 0 Å². The largest absolute Gasteiger partial charge is 0.412 e. The monoisotopic (exact) mass is 218 g/mol. The van der Waals surface area contributed by atoms with Crippen LogP contribution in [0.5, 0.6) is 0 Å². The summed E-state index contributed by atoms with van der Waals surface area (Å²) in [6.45, 7) is 10.2. The SMILES string of the molecule is CC(CCN)(CCCN)O[Si](C)(C)C. The average molecular weight is 218 g/mol. The van der Waals surface area contributed by atoms with Crippen molar-refractivity contribution in [2.24, 2.45) is 11.5 Å². The van der Waals surface area contributed by atoms with Gasteiger partial charge in [-0.25, -0.2) is 0 Å². The second kappa shape index (κ2) is 5.85. The van der Waals surface area contributed by atoms with Gasteiger partial charge in [0.2, 0.25) is 0 Å². The molecule has 0 aliphatic rings. The van der Waals surface area contributed by atoms with Crippen molar-refractivity contribution in [3.05, 3.63) is 0 Å². The van der Waals surface area contributed by atoms with E-state index in [-0.39, 0.29) is 5.60 Å². The summed E-state index contributed by atoms with van der Waals surface area (Å²) in [5.41, 5.74) is 11.1. The van der Waals surface area contributed by atoms with Gasteiger partial charge in [0.05, 0.1) is 5.60 Å². The van der Waals surface area contributed by atoms with Crippen LogP contribution in [0, 0.1) is 0 Å². The van der Waals surface area contributed by atoms with E-state index in [9.17, 15) is 0 Å². The third kappa shape index (κ3) is 6.54. The minimum atomic E-state index is -1.48. The van der Waals surface area contributed by atoms with Crippen LogP contribution < -0.4 is 11.5 Å². The molecular formula is C10H26N2OSi. The minimum Gasteiger partial charge on any atom is -0.412 e. The molecule has 0 rings (SSSR count). The van der Waals surface area contributed by atoms with Crippen LogP contribution in [-0.4, -0.2) is 27.0 Å². The molecule has 4 heteroatoms. The maximum atomic E-state index is 6.17. The van der Waals surface area contributed by atoms with Gasteiger partial charge in [0.15, 0.2) is 8.32 Å². The van der Waals surface area contributed by atoms with Crippen molar-refractivity contribution >= 4 is 8.32 Å². The highest BCUT2D eigenvalue weighted by Crippen LogP contribution is 2.25. The van der Waals surface area contributed by atoms with Gasteiger partial charge >= 0.3 is 0 Å². The average Bonchev–Trinajstić information content (AvgIpc) is 1.98. The topological polar surface area (TPSA) is 61.3 Å². The lowest BCUT2D eigenvalue weighted by molar-refractivity contribution is 0.0627. The Bertz CT molecular complexity index is 159. The van der Waals surface area contributed by atoms with E-state index in [1.165, 1.54) is 0 Å². The van der Waals surface area contributed by atoms with Gasteiger partial charge in [0.25, 0.3) is 0 Å². The van der Waals surface area contributed by atoms with Crippen molar-refractivity contribution in [2.75, 3.05) is 13.1 Å². The Morgan fingerprint density at radius 3 is 2.00 bits per heavy atom. The highest BCUT2D eigenvalue weighted by atomic mass is 28.4. The van der Waals surface area contributed by atoms with E-state index >= 15 is 0 Å². The van der Waals surface area contributed by atoms with Crippen molar-refractivity contribution in [1.82, 2.24) is 0 Å². The van der Waals surface area contributed by atoms with Gasteiger partial charge in [-0.05, 0) is 58.9 Å². The molecule has 0 saturated carbocycles. The number of hydrogen-bond acceptors (Lipinski definition) is 3. The summed E-state index contributed by atoms with van der Waals surface area (Å²) in [5, 5.41) is 0. The lowest BCUT2D eigenvalue weighted by Crippen LogP contribution is -2.42. The highest BCUT2D eigenvalue weighted by molar-refractivity contribution is 6.69. The van der Waals surface area contributed by atoms with E-state index in [0.717, 1.165) is 25.8 Å². The molecule has 0 fully saturated rings. The lowest BCUT2D eigenvalue weighted by atomic mass is 9.96. The Balaban J connectivity index is 4.23. The van der Waals surface area contributed by atoms with Crippen LogP contribution in [0.4, 0.5) is 0 Å². The van der Waals surface area contributed by atoms with Crippen molar-refractivity contribution < 1.29 is 4.43 Å². The summed E-state index contributed by atoms with van der Waals surface area (Å²) in [5.74, 6) is 0. The fraction of sp³-hybridized carbons (Fsp3) is 1.00. The summed E-state index contributed by atoms with van der Waals surface area (Å²) >= 11 is 0. The van der Waals surface area contributed by atoms with Gasteiger partial charge in [0.1, 0.15) is 0 Å². The molecule has 14 heavy (non-hydrogen) atoms. The molecule has 0 spiro atoms. The molecule has 4 N–H and O–H groups in total. The fourth-order valence-electron chi connectivity index (χ4n) is 1.75. The molecule has 86 valence electrons. The summed E-state index contributed by atoms with van der Waals surface area (Å²) in [7, 11) is -1.48. The van der Waals surface area contributed by atoms with Crippen molar-refractivity contribution in [2.45, 2.75) is 51.4 Å². The number of hydrogen-bond donors (Lipinski definition) is 2. The molecule has 0 aliphatic heterocycles. The Morgan fingerprint density at radius 1 is 1.07 bits per heavy atom. The van der Waals surface area contributed by atoms with E-state index in [2.05, 4.69) is 26.6 Å². The van der Waals surface area contributed by atoms with Gasteiger partial charge < -0.3 is 15.9 Å². The molecule has 0 aromatic rings. The Hall–Kier alpha value is 0.0969. The zero-order valence-electron chi connectivity index (χ0n) is 10.1. The fourth-order valence-corrected chi connectivity index (χ4v) is 3.43. The third-order valence-corrected chi connectivity index (χ3v) is 3.24. The molecule has 0 aromatic heterocycles. The van der Waals surface area contributed by atoms with Crippen molar-refractivity contribution in [1.29, 1.82) is 0 Å². The van der Waals surface area contributed by atoms with Crippen LogP contribution in [0.1, 0.15) is 26.2 Å². The molecule has 0 heterocycles. The molecule has 0 aliphatic carbocycles. The quantitative estimate of drug-likeness (QED) is 0.639. The summed E-state index contributed by atoms with van der Waals surface area (Å²) < 4.78 is 6.17. The molecule has 0 radical (unpaired) electrons. The molecule has 0 saturated heterocycles. The van der Waals surface area contributed by atoms with E-state index in [1.807, 2.05) is 0 Å². The molecule has 0 aromatic carbocycles. The number of nitrogens with two attached hydrogens (primary N) is 2. The van der Waals surface area contributed by atoms with Crippen molar-refractivity contribution in [3.8, 4) is 0 Å². The van der Waals surface area contributed by atoms with E-state index in [0.29, 0.717) is 6.54 Å². The number of rotatable bonds is 7. The molecular weight excluding hydrogens is 192 g/mol. The predicted molar refractivity (Wildman–Crippen MR) is 64.8 cm³/mol. The standard InChI is InChI=1S/C10H26N2OSi/c1-10(7-9-12,6-5-8-11)13-14(2,3)4/h5-9,11-12H2,1-4H3. The predicted octanol–water partition coefficient (Wildman–Crippen LogP) is 1.68. The van der Waals surface area contributed by atoms with Crippen LogP contribution >= 0.6 is 0 Å². The highest BCUT2D eigenvalue weighted by Gasteiger charge is 2.30. The van der Waals surface area contributed by atoms with Gasteiger partial charge in [-0.3, -0.25) is 0 Å². The van der Waals surface area contributed by atoms with Crippen LogP contribution in [-0.2, 0) is 4.43 Å². The second-order valence-electron chi connectivity index (χ2n) is 5.10. The van der Waals surface area contributed by atoms with Gasteiger partial charge in [-0.2, -0.15) is 0 Å². The van der Waals surface area contributed by atoms with Crippen LogP contribution in [0.2, 0.25) is 19.6 Å². The third-order valence-electron chi connectivity index (χ3n) is 2.14. The van der Waals surface area contributed by atoms with E-state index < -0.39 is 8.32 Å². The molecule has 0 amide bonds. The second-order valence-corrected chi connectivity index (χ2v) is 9.52. The summed E-state index contributed by atoms with van der Waals surface area (Å²) in [4.78, 5) is 0. The first-order valence-electron chi connectivity index (χ1n) is 5.43. The summed E-state index contributed by atoms with van der Waals surface area (Å²) in [6, 6.07) is 0. The summed E-state index contributed by atoms with van der Waals surface area (Å²) in [6.07, 6.45) is 2.96. The van der Waals surface area contributed by atoms with Crippen LogP contribution in [0.25, 0.3) is 0 Å². The van der Waals surface area contributed by atoms with Gasteiger partial charge in [-0.1, -0.05) is 0 Å².